The first-order valence-electron chi connectivity index (χ1n) is 11.7. The van der Waals surface area contributed by atoms with Crippen LogP contribution in [0.3, 0.4) is 0 Å². The van der Waals surface area contributed by atoms with Crippen molar-refractivity contribution in [1.82, 2.24) is 4.72 Å². The van der Waals surface area contributed by atoms with Crippen molar-refractivity contribution >= 4 is 49.4 Å². The molecule has 4 rings (SSSR count). The van der Waals surface area contributed by atoms with Crippen molar-refractivity contribution in [1.29, 1.82) is 5.41 Å². The predicted octanol–water partition coefficient (Wildman–Crippen LogP) is 3.04. The Labute approximate surface area is 230 Å². The highest BCUT2D eigenvalue weighted by Crippen LogP contribution is 2.31. The van der Waals surface area contributed by atoms with Gasteiger partial charge in [-0.25, -0.2) is 26.8 Å². The van der Waals surface area contributed by atoms with Crippen LogP contribution < -0.4 is 20.9 Å². The van der Waals surface area contributed by atoms with Gasteiger partial charge in [0.1, 0.15) is 5.84 Å². The molecule has 0 saturated carbocycles. The van der Waals surface area contributed by atoms with Gasteiger partial charge >= 0.3 is 6.09 Å². The SMILES string of the molecule is N=C(N)c1cccc(S(=O)(=O)NC2(OC(=O)Nc3ccc(-c4ccccc4S(N)(=O)=O)cc3)CCSCC2)c1. The Balaban J connectivity index is 1.51. The molecule has 1 aliphatic rings. The van der Waals surface area contributed by atoms with Crippen LogP contribution in [0.1, 0.15) is 18.4 Å². The highest BCUT2D eigenvalue weighted by Gasteiger charge is 2.40. The van der Waals surface area contributed by atoms with Crippen LogP contribution in [0.4, 0.5) is 10.5 Å². The minimum Gasteiger partial charge on any atom is -0.426 e. The number of amides is 1. The lowest BCUT2D eigenvalue weighted by Crippen LogP contribution is -2.54. The third-order valence-corrected chi connectivity index (χ3v) is 9.47. The average Bonchev–Trinajstić information content (AvgIpc) is 2.89. The largest absolute Gasteiger partial charge is 0.426 e. The highest BCUT2D eigenvalue weighted by atomic mass is 32.2. The van der Waals surface area contributed by atoms with E-state index in [1.807, 2.05) is 0 Å². The zero-order valence-corrected chi connectivity index (χ0v) is 23.0. The van der Waals surface area contributed by atoms with Crippen molar-refractivity contribution in [3.63, 3.8) is 0 Å². The van der Waals surface area contributed by atoms with Gasteiger partial charge in [0.05, 0.1) is 9.79 Å². The minimum absolute atomic E-state index is 0.0247. The summed E-state index contributed by atoms with van der Waals surface area (Å²) >= 11 is 1.62. The fraction of sp³-hybridized carbons (Fsp3) is 0.200. The van der Waals surface area contributed by atoms with Crippen molar-refractivity contribution in [3.05, 3.63) is 78.4 Å². The Morgan fingerprint density at radius 2 is 1.62 bits per heavy atom. The zero-order chi connectivity index (χ0) is 28.3. The van der Waals surface area contributed by atoms with Crippen LogP contribution in [0, 0.1) is 5.41 Å². The average molecular weight is 590 g/mol. The number of thioether (sulfide) groups is 1. The Hall–Kier alpha value is -3.43. The molecule has 0 bridgehead atoms. The molecule has 14 heteroatoms. The number of nitrogen functional groups attached to an aromatic ring is 1. The summed E-state index contributed by atoms with van der Waals surface area (Å²) in [5.74, 6) is 0.869. The van der Waals surface area contributed by atoms with E-state index in [4.69, 9.17) is 21.0 Å². The lowest BCUT2D eigenvalue weighted by molar-refractivity contribution is 0.00356. The topological polar surface area (TPSA) is 195 Å². The summed E-state index contributed by atoms with van der Waals surface area (Å²) in [7, 11) is -8.06. The van der Waals surface area contributed by atoms with Crippen LogP contribution in [-0.2, 0) is 24.8 Å². The van der Waals surface area contributed by atoms with Crippen molar-refractivity contribution in [3.8, 4) is 11.1 Å². The molecule has 1 fully saturated rings. The first-order valence-corrected chi connectivity index (χ1v) is 15.9. The number of anilines is 1. The molecule has 39 heavy (non-hydrogen) atoms. The van der Waals surface area contributed by atoms with E-state index in [2.05, 4.69) is 10.0 Å². The van der Waals surface area contributed by atoms with Gasteiger partial charge in [0.15, 0.2) is 5.72 Å². The summed E-state index contributed by atoms with van der Waals surface area (Å²) in [6.07, 6.45) is -0.361. The van der Waals surface area contributed by atoms with Gasteiger partial charge in [0, 0.05) is 29.7 Å². The summed E-state index contributed by atoms with van der Waals surface area (Å²) in [4.78, 5) is 12.7. The van der Waals surface area contributed by atoms with Crippen molar-refractivity contribution < 1.29 is 26.4 Å². The lowest BCUT2D eigenvalue weighted by Gasteiger charge is -2.36. The molecule has 0 unspecified atom stereocenters. The molecule has 0 aromatic heterocycles. The molecule has 3 aromatic carbocycles. The first-order chi connectivity index (χ1) is 18.4. The van der Waals surface area contributed by atoms with Gasteiger partial charge in [0.2, 0.25) is 20.0 Å². The van der Waals surface area contributed by atoms with E-state index in [0.29, 0.717) is 28.3 Å². The van der Waals surface area contributed by atoms with Gasteiger partial charge in [-0.05, 0) is 47.4 Å². The molecule has 1 amide bonds. The smallest absolute Gasteiger partial charge is 0.413 e. The number of nitrogens with two attached hydrogens (primary N) is 2. The normalized spacial score (nSPS) is 15.3. The van der Waals surface area contributed by atoms with E-state index >= 15 is 0 Å². The Kier molecular flexibility index (Phi) is 8.32. The molecule has 11 nitrogen and oxygen atoms in total. The summed E-state index contributed by atoms with van der Waals surface area (Å²) in [6, 6.07) is 18.3. The van der Waals surface area contributed by atoms with Gasteiger partial charge in [-0.2, -0.15) is 16.5 Å². The molecule has 0 spiro atoms. The molecule has 7 N–H and O–H groups in total. The maximum Gasteiger partial charge on any atom is 0.413 e. The maximum absolute atomic E-state index is 13.2. The quantitative estimate of drug-likeness (QED) is 0.150. The summed E-state index contributed by atoms with van der Waals surface area (Å²) in [6.45, 7) is 0. The standard InChI is InChI=1S/C25H27N5O6S3/c26-23(27)18-4-3-5-20(16-18)39(34,35)30-25(12-14-37-15-13-25)36-24(31)29-19-10-8-17(9-11-19)21-6-1-2-7-22(21)38(28,32)33/h1-11,16,30H,12-15H2,(H3,26,27)(H,29,31)(H2,28,32,33). The number of hydrogen-bond donors (Lipinski definition) is 5. The van der Waals surface area contributed by atoms with E-state index in [1.165, 1.54) is 30.3 Å². The molecular formula is C25H27N5O6S3. The zero-order valence-electron chi connectivity index (χ0n) is 20.6. The van der Waals surface area contributed by atoms with E-state index in [1.54, 1.807) is 54.2 Å². The monoisotopic (exact) mass is 589 g/mol. The van der Waals surface area contributed by atoms with Gasteiger partial charge in [-0.3, -0.25) is 10.7 Å². The Morgan fingerprint density at radius 1 is 0.949 bits per heavy atom. The van der Waals surface area contributed by atoms with E-state index in [9.17, 15) is 21.6 Å². The van der Waals surface area contributed by atoms with Crippen molar-refractivity contribution in [2.75, 3.05) is 16.8 Å². The highest BCUT2D eigenvalue weighted by molar-refractivity contribution is 7.99. The van der Waals surface area contributed by atoms with Gasteiger partial charge in [-0.15, -0.1) is 0 Å². The number of nitrogens with one attached hydrogen (secondary N) is 3. The van der Waals surface area contributed by atoms with Crippen LogP contribution in [0.5, 0.6) is 0 Å². The number of carbonyl (C=O) groups excluding carboxylic acids is 1. The fourth-order valence-electron chi connectivity index (χ4n) is 4.07. The summed E-state index contributed by atoms with van der Waals surface area (Å²) in [5.41, 5.74) is 5.61. The minimum atomic E-state index is -4.12. The van der Waals surface area contributed by atoms with Crippen LogP contribution in [0.15, 0.2) is 82.6 Å². The molecule has 0 aliphatic carbocycles. The van der Waals surface area contributed by atoms with Crippen molar-refractivity contribution in [2.45, 2.75) is 28.4 Å². The van der Waals surface area contributed by atoms with E-state index in [0.717, 1.165) is 0 Å². The number of hydrogen-bond acceptors (Lipinski definition) is 8. The second-order valence-electron chi connectivity index (χ2n) is 8.79. The first kappa shape index (κ1) is 28.6. The third kappa shape index (κ3) is 6.96. The number of sulfonamides is 2. The predicted molar refractivity (Wildman–Crippen MR) is 150 cm³/mol. The number of amidine groups is 1. The molecule has 0 radical (unpaired) electrons. The number of primary sulfonamides is 1. The second-order valence-corrected chi connectivity index (χ2v) is 13.2. The maximum atomic E-state index is 13.2. The molecule has 1 saturated heterocycles. The van der Waals surface area contributed by atoms with Crippen LogP contribution >= 0.6 is 11.8 Å². The Bertz CT molecular complexity index is 1600. The summed E-state index contributed by atoms with van der Waals surface area (Å²) in [5, 5.41) is 15.5. The van der Waals surface area contributed by atoms with Crippen LogP contribution in [0.2, 0.25) is 0 Å². The van der Waals surface area contributed by atoms with E-state index in [-0.39, 0.29) is 34.0 Å². The number of carbonyl (C=O) groups is 1. The van der Waals surface area contributed by atoms with Gasteiger partial charge in [-0.1, -0.05) is 42.5 Å². The molecule has 1 aliphatic heterocycles. The van der Waals surface area contributed by atoms with Gasteiger partial charge in [0.25, 0.3) is 0 Å². The fourth-order valence-corrected chi connectivity index (χ4v) is 7.37. The second kappa shape index (κ2) is 11.4. The number of benzene rings is 3. The molecular weight excluding hydrogens is 563 g/mol. The number of rotatable bonds is 8. The van der Waals surface area contributed by atoms with Crippen LogP contribution in [0.25, 0.3) is 11.1 Å². The molecule has 0 atom stereocenters. The summed E-state index contributed by atoms with van der Waals surface area (Å²) < 4.78 is 58.5. The third-order valence-electron chi connectivity index (χ3n) is 6.00. The van der Waals surface area contributed by atoms with Gasteiger partial charge < -0.3 is 10.5 Å². The number of ether oxygens (including phenoxy) is 1. The van der Waals surface area contributed by atoms with Crippen molar-refractivity contribution in [2.24, 2.45) is 10.9 Å². The molecule has 206 valence electrons. The molecule has 1 heterocycles. The molecule has 3 aromatic rings. The van der Waals surface area contributed by atoms with Crippen LogP contribution in [-0.4, -0.2) is 46.0 Å². The Morgan fingerprint density at radius 3 is 2.26 bits per heavy atom. The lowest BCUT2D eigenvalue weighted by atomic mass is 10.1. The van der Waals surface area contributed by atoms with E-state index < -0.39 is 31.9 Å².